The van der Waals surface area contributed by atoms with Gasteiger partial charge in [0.05, 0.1) is 5.41 Å². The molecule has 0 aromatic heterocycles. The minimum absolute atomic E-state index is 0.397. The van der Waals surface area contributed by atoms with Gasteiger partial charge < -0.3 is 5.11 Å². The molecule has 82 valence electrons. The number of carbonyl (C=O) groups is 1. The molecule has 1 aliphatic carbocycles. The topological polar surface area (TPSA) is 37.3 Å². The van der Waals surface area contributed by atoms with Crippen molar-refractivity contribution >= 4 is 5.97 Å². The molecule has 14 heavy (non-hydrogen) atoms. The van der Waals surface area contributed by atoms with Crippen molar-refractivity contribution in [2.75, 3.05) is 0 Å². The highest BCUT2D eigenvalue weighted by molar-refractivity contribution is 5.74. The highest BCUT2D eigenvalue weighted by Crippen LogP contribution is 2.43. The average molecular weight is 206 g/mol. The molecule has 0 radical (unpaired) electrons. The summed E-state index contributed by atoms with van der Waals surface area (Å²) in [6.45, 7) is 2.04. The van der Waals surface area contributed by atoms with E-state index in [9.17, 15) is 13.6 Å². The van der Waals surface area contributed by atoms with Crippen LogP contribution in [0.3, 0.4) is 0 Å². The zero-order chi connectivity index (χ0) is 10.8. The van der Waals surface area contributed by atoms with Gasteiger partial charge in [0.25, 0.3) is 0 Å². The van der Waals surface area contributed by atoms with Crippen molar-refractivity contribution in [3.8, 4) is 0 Å². The van der Waals surface area contributed by atoms with E-state index in [4.69, 9.17) is 5.11 Å². The molecule has 0 unspecified atom stereocenters. The Hall–Kier alpha value is -0.670. The molecular formula is C10H16F2O2. The molecule has 0 bridgehead atoms. The lowest BCUT2D eigenvalue weighted by molar-refractivity contribution is -0.154. The van der Waals surface area contributed by atoms with Crippen LogP contribution in [0.25, 0.3) is 0 Å². The van der Waals surface area contributed by atoms with Gasteiger partial charge in [-0.25, -0.2) is 8.78 Å². The number of carboxylic acid groups (broad SMARTS) is 1. The number of hydrogen-bond donors (Lipinski definition) is 1. The lowest BCUT2D eigenvalue weighted by atomic mass is 9.69. The monoisotopic (exact) mass is 206 g/mol. The maximum atomic E-state index is 12.3. The number of rotatable bonds is 3. The zero-order valence-electron chi connectivity index (χ0n) is 8.30. The summed E-state index contributed by atoms with van der Waals surface area (Å²) in [7, 11) is 0. The molecule has 0 amide bonds. The minimum atomic E-state index is -2.51. The van der Waals surface area contributed by atoms with Gasteiger partial charge in [0, 0.05) is 6.42 Å². The fraction of sp³-hybridized carbons (Fsp3) is 0.900. The molecule has 0 saturated heterocycles. The predicted octanol–water partition coefficient (Wildman–Crippen LogP) is 2.92. The molecule has 1 fully saturated rings. The van der Waals surface area contributed by atoms with E-state index in [-0.39, 0.29) is 0 Å². The minimum Gasteiger partial charge on any atom is -0.481 e. The van der Waals surface area contributed by atoms with Crippen molar-refractivity contribution < 1.29 is 18.7 Å². The van der Waals surface area contributed by atoms with E-state index in [1.807, 2.05) is 6.92 Å². The molecule has 0 aromatic carbocycles. The summed E-state index contributed by atoms with van der Waals surface area (Å²) in [6, 6.07) is 0. The van der Waals surface area contributed by atoms with Crippen LogP contribution in [0.1, 0.15) is 39.0 Å². The van der Waals surface area contributed by atoms with Crippen LogP contribution >= 0.6 is 0 Å². The van der Waals surface area contributed by atoms with Crippen molar-refractivity contribution in [1.82, 2.24) is 0 Å². The summed E-state index contributed by atoms with van der Waals surface area (Å²) in [4.78, 5) is 11.0. The Kier molecular flexibility index (Phi) is 3.45. The summed E-state index contributed by atoms with van der Waals surface area (Å²) in [5, 5.41) is 8.99. The van der Waals surface area contributed by atoms with Crippen LogP contribution in [0.15, 0.2) is 0 Å². The number of aliphatic carboxylic acids is 1. The molecule has 1 rings (SSSR count). The van der Waals surface area contributed by atoms with Gasteiger partial charge in [-0.05, 0) is 31.6 Å². The van der Waals surface area contributed by atoms with Crippen molar-refractivity contribution in [2.45, 2.75) is 45.5 Å². The number of alkyl halides is 2. The van der Waals surface area contributed by atoms with Gasteiger partial charge in [0.15, 0.2) is 0 Å². The first-order valence-corrected chi connectivity index (χ1v) is 4.98. The molecule has 2 nitrogen and oxygen atoms in total. The lowest BCUT2D eigenvalue weighted by Gasteiger charge is -2.35. The number of halogens is 2. The molecule has 1 saturated carbocycles. The molecule has 1 aliphatic rings. The van der Waals surface area contributed by atoms with E-state index in [2.05, 4.69) is 0 Å². The molecule has 1 N–H and O–H groups in total. The van der Waals surface area contributed by atoms with Gasteiger partial charge in [-0.2, -0.15) is 0 Å². The second-order valence-corrected chi connectivity index (χ2v) is 4.36. The smallest absolute Gasteiger partial charge is 0.309 e. The van der Waals surface area contributed by atoms with Crippen LogP contribution in [-0.4, -0.2) is 17.5 Å². The molecule has 0 heterocycles. The highest BCUT2D eigenvalue weighted by atomic mass is 19.3. The van der Waals surface area contributed by atoms with Gasteiger partial charge in [-0.3, -0.25) is 4.79 Å². The number of carboxylic acids is 1. The average Bonchev–Trinajstić information content (AvgIpc) is 2.08. The first-order chi connectivity index (χ1) is 6.46. The Balaban J connectivity index is 2.68. The maximum Gasteiger partial charge on any atom is 0.309 e. The van der Waals surface area contributed by atoms with Crippen LogP contribution in [0.4, 0.5) is 8.78 Å². The largest absolute Gasteiger partial charge is 0.481 e. The summed E-state index contributed by atoms with van der Waals surface area (Å²) >= 11 is 0. The van der Waals surface area contributed by atoms with Crippen molar-refractivity contribution in [3.05, 3.63) is 0 Å². The third-order valence-corrected chi connectivity index (χ3v) is 3.23. The van der Waals surface area contributed by atoms with Crippen LogP contribution in [0.5, 0.6) is 0 Å². The van der Waals surface area contributed by atoms with Gasteiger partial charge in [-0.1, -0.05) is 6.92 Å². The van der Waals surface area contributed by atoms with Crippen LogP contribution in [-0.2, 0) is 4.79 Å². The Bertz CT molecular complexity index is 208. The van der Waals surface area contributed by atoms with E-state index >= 15 is 0 Å². The van der Waals surface area contributed by atoms with Gasteiger partial charge >= 0.3 is 5.97 Å². The van der Waals surface area contributed by atoms with Crippen molar-refractivity contribution in [1.29, 1.82) is 0 Å². The van der Waals surface area contributed by atoms with E-state index in [1.54, 1.807) is 0 Å². The summed E-state index contributed by atoms with van der Waals surface area (Å²) < 4.78 is 24.5. The molecule has 0 aliphatic heterocycles. The van der Waals surface area contributed by atoms with Crippen LogP contribution < -0.4 is 0 Å². The second-order valence-electron chi connectivity index (χ2n) is 4.36. The first-order valence-electron chi connectivity index (χ1n) is 4.98. The molecule has 0 aromatic rings. The SMILES string of the molecule is CC1CCC(CC(F)F)(C(=O)O)CC1. The molecule has 0 atom stereocenters. The summed E-state index contributed by atoms with van der Waals surface area (Å²) in [6.07, 6.45) is -0.714. The molecule has 0 spiro atoms. The zero-order valence-corrected chi connectivity index (χ0v) is 8.30. The van der Waals surface area contributed by atoms with Crippen molar-refractivity contribution in [2.24, 2.45) is 11.3 Å². The van der Waals surface area contributed by atoms with E-state index in [1.165, 1.54) is 0 Å². The Morgan fingerprint density at radius 3 is 2.36 bits per heavy atom. The van der Waals surface area contributed by atoms with Gasteiger partial charge in [-0.15, -0.1) is 0 Å². The summed E-state index contributed by atoms with van der Waals surface area (Å²) in [5.74, 6) is -0.579. The third-order valence-electron chi connectivity index (χ3n) is 3.23. The molecule has 4 heteroatoms. The normalized spacial score (nSPS) is 33.3. The lowest BCUT2D eigenvalue weighted by Crippen LogP contribution is -2.36. The van der Waals surface area contributed by atoms with Crippen LogP contribution in [0.2, 0.25) is 0 Å². The fourth-order valence-electron chi connectivity index (χ4n) is 2.12. The van der Waals surface area contributed by atoms with Crippen molar-refractivity contribution in [3.63, 3.8) is 0 Å². The predicted molar refractivity (Wildman–Crippen MR) is 48.3 cm³/mol. The molecular weight excluding hydrogens is 190 g/mol. The standard InChI is InChI=1S/C10H16F2O2/c1-7-2-4-10(5-3-7,9(13)14)6-8(11)12/h7-8H,2-6H2,1H3,(H,13,14). The quantitative estimate of drug-likeness (QED) is 0.770. The van der Waals surface area contributed by atoms with Crippen LogP contribution in [0, 0.1) is 11.3 Å². The second kappa shape index (κ2) is 4.24. The van der Waals surface area contributed by atoms with E-state index < -0.39 is 24.2 Å². The van der Waals surface area contributed by atoms with Gasteiger partial charge in [0.2, 0.25) is 6.43 Å². The maximum absolute atomic E-state index is 12.3. The highest BCUT2D eigenvalue weighted by Gasteiger charge is 2.43. The first kappa shape index (κ1) is 11.4. The van der Waals surface area contributed by atoms with Gasteiger partial charge in [0.1, 0.15) is 0 Å². The Morgan fingerprint density at radius 2 is 2.00 bits per heavy atom. The number of hydrogen-bond acceptors (Lipinski definition) is 1. The van der Waals surface area contributed by atoms with E-state index in [0.29, 0.717) is 18.8 Å². The third kappa shape index (κ3) is 2.42. The Labute approximate surface area is 82.3 Å². The fourth-order valence-corrected chi connectivity index (χ4v) is 2.12. The Morgan fingerprint density at radius 1 is 1.50 bits per heavy atom. The summed E-state index contributed by atoms with van der Waals surface area (Å²) in [5.41, 5.74) is -1.15. The van der Waals surface area contributed by atoms with E-state index in [0.717, 1.165) is 12.8 Å².